The van der Waals surface area contributed by atoms with Gasteiger partial charge in [-0.15, -0.1) is 0 Å². The van der Waals surface area contributed by atoms with Crippen LogP contribution in [0.25, 0.3) is 0 Å². The Bertz CT molecular complexity index is 1280. The lowest BCUT2D eigenvalue weighted by molar-refractivity contribution is -0.137. The van der Waals surface area contributed by atoms with E-state index in [1.165, 1.54) is 43.5 Å². The Morgan fingerprint density at radius 1 is 0.944 bits per heavy atom. The fourth-order valence-electron chi connectivity index (χ4n) is 3.26. The van der Waals surface area contributed by atoms with Crippen LogP contribution in [0.2, 0.25) is 0 Å². The number of amides is 1. The van der Waals surface area contributed by atoms with Crippen LogP contribution in [0.4, 0.5) is 17.6 Å². The van der Waals surface area contributed by atoms with Crippen molar-refractivity contribution in [3.8, 4) is 5.75 Å². The average Bonchev–Trinajstić information content (AvgIpc) is 2.83. The summed E-state index contributed by atoms with van der Waals surface area (Å²) in [4.78, 5) is 13.7. The molecule has 0 radical (unpaired) electrons. The Labute approximate surface area is 206 Å². The fraction of sp³-hybridized carbons (Fsp3) is 0.240. The highest BCUT2D eigenvalue weighted by atomic mass is 32.2. The number of benzene rings is 3. The molecule has 36 heavy (non-hydrogen) atoms. The van der Waals surface area contributed by atoms with Crippen molar-refractivity contribution in [2.45, 2.75) is 24.0 Å². The van der Waals surface area contributed by atoms with Crippen molar-refractivity contribution in [1.29, 1.82) is 0 Å². The van der Waals surface area contributed by atoms with Crippen molar-refractivity contribution in [1.82, 2.24) is 4.90 Å². The van der Waals surface area contributed by atoms with E-state index < -0.39 is 32.6 Å². The zero-order chi connectivity index (χ0) is 26.3. The number of carbonyl (C=O) groups excluding carboxylic acids is 1. The molecule has 3 aromatic carbocycles. The lowest BCUT2D eigenvalue weighted by Crippen LogP contribution is -2.34. The summed E-state index contributed by atoms with van der Waals surface area (Å²) in [5.74, 6) is -0.719. The largest absolute Gasteiger partial charge is 0.416 e. The van der Waals surface area contributed by atoms with Crippen molar-refractivity contribution in [3.63, 3.8) is 0 Å². The van der Waals surface area contributed by atoms with Gasteiger partial charge in [0.2, 0.25) is 5.91 Å². The minimum Gasteiger partial charge on any atom is -0.383 e. The molecule has 3 aromatic rings. The van der Waals surface area contributed by atoms with Crippen molar-refractivity contribution < 1.29 is 39.7 Å². The Morgan fingerprint density at radius 2 is 1.58 bits per heavy atom. The second-order valence-electron chi connectivity index (χ2n) is 7.82. The number of nitrogens with zero attached hydrogens (tertiary/aromatic N) is 1. The van der Waals surface area contributed by atoms with Gasteiger partial charge in [0.25, 0.3) is 0 Å². The second kappa shape index (κ2) is 11.5. The number of methoxy groups -OCH3 is 1. The summed E-state index contributed by atoms with van der Waals surface area (Å²) >= 11 is 0. The van der Waals surface area contributed by atoms with E-state index in [1.54, 1.807) is 17.0 Å². The van der Waals surface area contributed by atoms with Crippen LogP contribution < -0.4 is 4.18 Å². The van der Waals surface area contributed by atoms with Crippen molar-refractivity contribution in [2.24, 2.45) is 0 Å². The lowest BCUT2D eigenvalue weighted by Gasteiger charge is -2.23. The van der Waals surface area contributed by atoms with Crippen molar-refractivity contribution in [3.05, 3.63) is 95.3 Å². The van der Waals surface area contributed by atoms with Crippen LogP contribution in [-0.2, 0) is 38.8 Å². The standard InChI is InChI=1S/C25H23F4NO5S/c1-34-14-13-30(24(31)15-18-5-9-21(26)10-6-18)17-19-7-11-22(12-8-19)35-36(32,33)23-4-2-3-20(16-23)25(27,28)29/h2-12,16H,13-15,17H2,1H3. The van der Waals surface area contributed by atoms with Gasteiger partial charge in [-0.25, -0.2) is 4.39 Å². The molecular formula is C25H23F4NO5S. The third-order valence-electron chi connectivity index (χ3n) is 5.14. The first-order valence-electron chi connectivity index (χ1n) is 10.7. The summed E-state index contributed by atoms with van der Waals surface area (Å²) in [6.07, 6.45) is -4.64. The highest BCUT2D eigenvalue weighted by molar-refractivity contribution is 7.87. The Kier molecular flexibility index (Phi) is 8.70. The number of ether oxygens (including phenoxy) is 1. The van der Waals surface area contributed by atoms with Crippen molar-refractivity contribution >= 4 is 16.0 Å². The van der Waals surface area contributed by atoms with Gasteiger partial charge in [-0.1, -0.05) is 30.3 Å². The first kappa shape index (κ1) is 27.2. The molecule has 3 rings (SSSR count). The zero-order valence-electron chi connectivity index (χ0n) is 19.2. The number of alkyl halides is 3. The predicted molar refractivity (Wildman–Crippen MR) is 123 cm³/mol. The van der Waals surface area contributed by atoms with Gasteiger partial charge in [-0.05, 0) is 53.6 Å². The van der Waals surface area contributed by atoms with E-state index in [0.29, 0.717) is 23.7 Å². The summed E-state index contributed by atoms with van der Waals surface area (Å²) in [6.45, 7) is 0.758. The van der Waals surface area contributed by atoms with Gasteiger partial charge in [0.1, 0.15) is 16.5 Å². The molecule has 0 aliphatic carbocycles. The third kappa shape index (κ3) is 7.53. The minimum atomic E-state index is -4.70. The molecule has 1 amide bonds. The van der Waals surface area contributed by atoms with E-state index in [1.807, 2.05) is 0 Å². The van der Waals surface area contributed by atoms with E-state index in [4.69, 9.17) is 8.92 Å². The maximum absolute atomic E-state index is 13.1. The van der Waals surface area contributed by atoms with E-state index in [-0.39, 0.29) is 31.2 Å². The normalized spacial score (nSPS) is 11.8. The summed E-state index contributed by atoms with van der Waals surface area (Å²) in [7, 11) is -3.00. The molecule has 0 bridgehead atoms. The number of halogens is 4. The number of carbonyl (C=O) groups is 1. The van der Waals surface area contributed by atoms with Gasteiger partial charge in [0.15, 0.2) is 0 Å². The quantitative estimate of drug-likeness (QED) is 0.280. The molecule has 192 valence electrons. The zero-order valence-corrected chi connectivity index (χ0v) is 20.0. The van der Waals surface area contributed by atoms with Crippen LogP contribution in [0, 0.1) is 5.82 Å². The monoisotopic (exact) mass is 525 g/mol. The first-order valence-corrected chi connectivity index (χ1v) is 12.1. The lowest BCUT2D eigenvalue weighted by atomic mass is 10.1. The van der Waals surface area contributed by atoms with E-state index in [2.05, 4.69) is 0 Å². The fourth-order valence-corrected chi connectivity index (χ4v) is 4.23. The highest BCUT2D eigenvalue weighted by Gasteiger charge is 2.32. The van der Waals surface area contributed by atoms with Gasteiger partial charge >= 0.3 is 16.3 Å². The van der Waals surface area contributed by atoms with Crippen LogP contribution in [0.1, 0.15) is 16.7 Å². The number of hydrogen-bond acceptors (Lipinski definition) is 5. The average molecular weight is 526 g/mol. The van der Waals surface area contributed by atoms with E-state index in [0.717, 1.165) is 18.2 Å². The number of rotatable bonds is 10. The molecule has 0 atom stereocenters. The molecule has 0 aliphatic rings. The van der Waals surface area contributed by atoms with Crippen LogP contribution in [0.5, 0.6) is 5.75 Å². The van der Waals surface area contributed by atoms with Gasteiger partial charge < -0.3 is 13.8 Å². The molecule has 0 saturated heterocycles. The molecule has 0 fully saturated rings. The predicted octanol–water partition coefficient (Wildman–Crippen LogP) is 4.83. The smallest absolute Gasteiger partial charge is 0.383 e. The van der Waals surface area contributed by atoms with Crippen LogP contribution >= 0.6 is 0 Å². The summed E-state index contributed by atoms with van der Waals surface area (Å²) in [5, 5.41) is 0. The van der Waals surface area contributed by atoms with Crippen LogP contribution in [0.3, 0.4) is 0 Å². The maximum atomic E-state index is 13.1. The SMILES string of the molecule is COCCN(Cc1ccc(OS(=O)(=O)c2cccc(C(F)(F)F)c2)cc1)C(=O)Cc1ccc(F)cc1. The molecule has 0 saturated carbocycles. The van der Waals surface area contributed by atoms with Gasteiger partial charge in [0.05, 0.1) is 18.6 Å². The summed E-state index contributed by atoms with van der Waals surface area (Å²) in [6, 6.07) is 14.6. The maximum Gasteiger partial charge on any atom is 0.416 e. The van der Waals surface area contributed by atoms with Gasteiger partial charge in [-0.2, -0.15) is 21.6 Å². The molecule has 0 unspecified atom stereocenters. The van der Waals surface area contributed by atoms with Crippen LogP contribution in [-0.4, -0.2) is 39.5 Å². The van der Waals surface area contributed by atoms with Gasteiger partial charge in [-0.3, -0.25) is 4.79 Å². The summed E-state index contributed by atoms with van der Waals surface area (Å²) in [5.41, 5.74) is 0.193. The molecule has 0 spiro atoms. The summed E-state index contributed by atoms with van der Waals surface area (Å²) < 4.78 is 86.9. The molecular weight excluding hydrogens is 502 g/mol. The Balaban J connectivity index is 1.70. The number of hydrogen-bond donors (Lipinski definition) is 0. The van der Waals surface area contributed by atoms with Crippen LogP contribution in [0.15, 0.2) is 77.7 Å². The minimum absolute atomic E-state index is 0.0560. The van der Waals surface area contributed by atoms with E-state index >= 15 is 0 Å². The molecule has 0 aliphatic heterocycles. The topological polar surface area (TPSA) is 72.9 Å². The second-order valence-corrected chi connectivity index (χ2v) is 9.36. The highest BCUT2D eigenvalue weighted by Crippen LogP contribution is 2.31. The van der Waals surface area contributed by atoms with Crippen molar-refractivity contribution in [2.75, 3.05) is 20.3 Å². The molecule has 6 nitrogen and oxygen atoms in total. The molecule has 0 heterocycles. The Morgan fingerprint density at radius 3 is 2.19 bits per heavy atom. The third-order valence-corrected chi connectivity index (χ3v) is 6.38. The Hall–Kier alpha value is -3.44. The first-order chi connectivity index (χ1) is 17.0. The van der Waals surface area contributed by atoms with E-state index in [9.17, 15) is 30.8 Å². The van der Waals surface area contributed by atoms with Gasteiger partial charge in [0, 0.05) is 20.2 Å². The molecule has 0 N–H and O–H groups in total. The molecule has 11 heteroatoms. The molecule has 0 aromatic heterocycles.